The first-order valence-corrected chi connectivity index (χ1v) is 6.85. The lowest BCUT2D eigenvalue weighted by Gasteiger charge is -2.31. The van der Waals surface area contributed by atoms with Crippen molar-refractivity contribution >= 4 is 21.6 Å². The molecule has 2 aromatic rings. The Bertz CT molecular complexity index is 583. The van der Waals surface area contributed by atoms with Crippen molar-refractivity contribution in [2.75, 3.05) is 11.9 Å². The molecule has 2 aromatic carbocycles. The molecule has 1 atom stereocenters. The molecule has 1 unspecified atom stereocenters. The summed E-state index contributed by atoms with van der Waals surface area (Å²) in [5.74, 6) is -1.38. The van der Waals surface area contributed by atoms with Crippen LogP contribution in [0, 0.1) is 11.6 Å². The minimum Gasteiger partial charge on any atom is -0.394 e. The van der Waals surface area contributed by atoms with E-state index >= 15 is 0 Å². The molecule has 20 heavy (non-hydrogen) atoms. The molecular weight excluding hydrogens is 328 g/mol. The number of nitrogens with one attached hydrogen (secondary N) is 1. The molecule has 2 N–H and O–H groups in total. The van der Waals surface area contributed by atoms with Crippen LogP contribution in [-0.2, 0) is 5.54 Å². The largest absolute Gasteiger partial charge is 0.394 e. The molecule has 0 aliphatic carbocycles. The molecule has 2 nitrogen and oxygen atoms in total. The predicted octanol–water partition coefficient (Wildman–Crippen LogP) is 4.05. The molecule has 0 saturated heterocycles. The van der Waals surface area contributed by atoms with Crippen molar-refractivity contribution in [2.24, 2.45) is 0 Å². The zero-order valence-electron chi connectivity index (χ0n) is 10.8. The number of rotatable bonds is 4. The van der Waals surface area contributed by atoms with Gasteiger partial charge in [-0.15, -0.1) is 0 Å². The van der Waals surface area contributed by atoms with Crippen LogP contribution in [0.1, 0.15) is 12.5 Å². The number of hydrogen-bond acceptors (Lipinski definition) is 2. The van der Waals surface area contributed by atoms with E-state index in [2.05, 4.69) is 21.2 Å². The van der Waals surface area contributed by atoms with E-state index in [9.17, 15) is 13.9 Å². The van der Waals surface area contributed by atoms with Gasteiger partial charge in [0.15, 0.2) is 0 Å². The van der Waals surface area contributed by atoms with Gasteiger partial charge in [0.25, 0.3) is 0 Å². The summed E-state index contributed by atoms with van der Waals surface area (Å²) in [4.78, 5) is 0. The van der Waals surface area contributed by atoms with Crippen LogP contribution in [0.25, 0.3) is 0 Å². The number of anilines is 1. The van der Waals surface area contributed by atoms with E-state index in [1.807, 2.05) is 0 Å². The minimum absolute atomic E-state index is 0.176. The van der Waals surface area contributed by atoms with Gasteiger partial charge in [-0.3, -0.25) is 0 Å². The lowest BCUT2D eigenvalue weighted by molar-refractivity contribution is 0.216. The van der Waals surface area contributed by atoms with E-state index in [4.69, 9.17) is 0 Å². The van der Waals surface area contributed by atoms with Gasteiger partial charge < -0.3 is 10.4 Å². The molecule has 0 spiro atoms. The van der Waals surface area contributed by atoms with Crippen molar-refractivity contribution in [1.29, 1.82) is 0 Å². The Labute approximate surface area is 124 Å². The van der Waals surface area contributed by atoms with E-state index in [0.717, 1.165) is 4.47 Å². The Kier molecular flexibility index (Phi) is 4.40. The molecule has 0 saturated carbocycles. The normalized spacial score (nSPS) is 13.8. The first kappa shape index (κ1) is 14.9. The molecule has 0 heterocycles. The first-order valence-electron chi connectivity index (χ1n) is 6.05. The van der Waals surface area contributed by atoms with Gasteiger partial charge in [0.05, 0.1) is 17.7 Å². The predicted molar refractivity (Wildman–Crippen MR) is 78.6 cm³/mol. The fourth-order valence-electron chi connectivity index (χ4n) is 2.06. The number of aliphatic hydroxyl groups is 1. The molecule has 0 amide bonds. The molecule has 0 radical (unpaired) electrons. The Morgan fingerprint density at radius 1 is 1.10 bits per heavy atom. The molecule has 0 fully saturated rings. The van der Waals surface area contributed by atoms with Gasteiger partial charge in [0.2, 0.25) is 0 Å². The summed E-state index contributed by atoms with van der Waals surface area (Å²) in [6, 6.07) is 10.8. The highest BCUT2D eigenvalue weighted by atomic mass is 79.9. The molecular formula is C15H14BrF2NO. The Balaban J connectivity index is 2.41. The van der Waals surface area contributed by atoms with E-state index in [1.54, 1.807) is 31.2 Å². The lowest BCUT2D eigenvalue weighted by Crippen LogP contribution is -2.37. The van der Waals surface area contributed by atoms with Crippen molar-refractivity contribution in [3.63, 3.8) is 0 Å². The van der Waals surface area contributed by atoms with E-state index < -0.39 is 23.8 Å². The average molecular weight is 342 g/mol. The summed E-state index contributed by atoms with van der Waals surface area (Å²) in [5.41, 5.74) is -0.763. The van der Waals surface area contributed by atoms with Crippen LogP contribution in [0.15, 0.2) is 46.9 Å². The van der Waals surface area contributed by atoms with Gasteiger partial charge in [-0.25, -0.2) is 8.78 Å². The van der Waals surface area contributed by atoms with Gasteiger partial charge >= 0.3 is 0 Å². The molecule has 5 heteroatoms. The first-order chi connectivity index (χ1) is 9.46. The third-order valence-corrected chi connectivity index (χ3v) is 3.62. The van der Waals surface area contributed by atoms with Gasteiger partial charge in [0.1, 0.15) is 11.6 Å². The second kappa shape index (κ2) is 5.89. The van der Waals surface area contributed by atoms with Crippen LogP contribution in [0.5, 0.6) is 0 Å². The van der Waals surface area contributed by atoms with Crippen molar-refractivity contribution in [3.05, 3.63) is 64.1 Å². The Morgan fingerprint density at radius 2 is 1.65 bits per heavy atom. The highest BCUT2D eigenvalue weighted by Crippen LogP contribution is 2.30. The van der Waals surface area contributed by atoms with Gasteiger partial charge in [-0.1, -0.05) is 22.0 Å². The number of aliphatic hydroxyl groups excluding tert-OH is 1. The quantitative estimate of drug-likeness (QED) is 0.879. The molecule has 0 aromatic heterocycles. The van der Waals surface area contributed by atoms with Crippen LogP contribution in [-0.4, -0.2) is 11.7 Å². The standard InChI is InChI=1S/C15H14BrF2NO/c1-15(9-20,14-12(17)3-2-4-13(14)18)19-11-7-5-10(16)6-8-11/h2-8,19-20H,9H2,1H3. The lowest BCUT2D eigenvalue weighted by atomic mass is 9.91. The second-order valence-corrected chi connectivity index (χ2v) is 5.63. The van der Waals surface area contributed by atoms with Crippen molar-refractivity contribution in [2.45, 2.75) is 12.5 Å². The fraction of sp³-hybridized carbons (Fsp3) is 0.200. The molecule has 0 bridgehead atoms. The summed E-state index contributed by atoms with van der Waals surface area (Å²) in [6.07, 6.45) is 0. The summed E-state index contributed by atoms with van der Waals surface area (Å²) in [7, 11) is 0. The number of hydrogen-bond donors (Lipinski definition) is 2. The monoisotopic (exact) mass is 341 g/mol. The summed E-state index contributed by atoms with van der Waals surface area (Å²) in [6.45, 7) is 1.11. The maximum atomic E-state index is 13.9. The smallest absolute Gasteiger partial charge is 0.131 e. The molecule has 106 valence electrons. The molecule has 0 aliphatic rings. The number of halogens is 3. The van der Waals surface area contributed by atoms with Crippen molar-refractivity contribution in [1.82, 2.24) is 0 Å². The number of benzene rings is 2. The fourth-order valence-corrected chi connectivity index (χ4v) is 2.32. The highest BCUT2D eigenvalue weighted by Gasteiger charge is 2.32. The zero-order chi connectivity index (χ0) is 14.8. The topological polar surface area (TPSA) is 32.3 Å². The Morgan fingerprint density at radius 3 is 2.15 bits per heavy atom. The van der Waals surface area contributed by atoms with Crippen LogP contribution in [0.3, 0.4) is 0 Å². The van der Waals surface area contributed by atoms with Gasteiger partial charge in [0, 0.05) is 10.2 Å². The second-order valence-electron chi connectivity index (χ2n) is 4.72. The van der Waals surface area contributed by atoms with Crippen LogP contribution in [0.4, 0.5) is 14.5 Å². The van der Waals surface area contributed by atoms with Crippen molar-refractivity contribution < 1.29 is 13.9 Å². The third-order valence-electron chi connectivity index (χ3n) is 3.10. The summed E-state index contributed by atoms with van der Waals surface area (Å²) < 4.78 is 28.7. The molecule has 0 aliphatic heterocycles. The maximum Gasteiger partial charge on any atom is 0.131 e. The van der Waals surface area contributed by atoms with Gasteiger partial charge in [-0.05, 0) is 43.3 Å². The van der Waals surface area contributed by atoms with E-state index in [0.29, 0.717) is 5.69 Å². The minimum atomic E-state index is -1.25. The van der Waals surface area contributed by atoms with Crippen LogP contribution >= 0.6 is 15.9 Å². The van der Waals surface area contributed by atoms with E-state index in [1.165, 1.54) is 18.2 Å². The molecule has 2 rings (SSSR count). The van der Waals surface area contributed by atoms with Crippen LogP contribution < -0.4 is 5.32 Å². The summed E-state index contributed by atoms with van der Waals surface area (Å²) >= 11 is 3.31. The van der Waals surface area contributed by atoms with E-state index in [-0.39, 0.29) is 5.56 Å². The van der Waals surface area contributed by atoms with Crippen LogP contribution in [0.2, 0.25) is 0 Å². The highest BCUT2D eigenvalue weighted by molar-refractivity contribution is 9.10. The zero-order valence-corrected chi connectivity index (χ0v) is 12.4. The maximum absolute atomic E-state index is 13.9. The average Bonchev–Trinajstić information content (AvgIpc) is 2.41. The summed E-state index contributed by atoms with van der Waals surface area (Å²) in [5, 5.41) is 12.6. The Hall–Kier alpha value is -1.46. The van der Waals surface area contributed by atoms with Crippen molar-refractivity contribution in [3.8, 4) is 0 Å². The van der Waals surface area contributed by atoms with Gasteiger partial charge in [-0.2, -0.15) is 0 Å². The SMILES string of the molecule is CC(CO)(Nc1ccc(Br)cc1)c1c(F)cccc1F. The third kappa shape index (κ3) is 2.99.